The molecule has 0 heterocycles. The Morgan fingerprint density at radius 1 is 1.24 bits per heavy atom. The molecule has 0 aromatic heterocycles. The molecule has 25 heavy (non-hydrogen) atoms. The fraction of sp³-hybridized carbons (Fsp3) is 0.235. The van der Waals surface area contributed by atoms with Crippen molar-refractivity contribution < 1.29 is 9.72 Å². The molecule has 1 atom stereocenters. The van der Waals surface area contributed by atoms with Gasteiger partial charge >= 0.3 is 0 Å². The van der Waals surface area contributed by atoms with Crippen LogP contribution in [0, 0.1) is 10.1 Å². The minimum absolute atomic E-state index is 0.0361. The molecule has 1 amide bonds. The standard InChI is InChI=1S/C17H17Cl2N3O3/c1-21(2)16(12-5-3-4-6-14(12)19)10-20-17(23)13-8-7-11(18)9-15(13)22(24)25/h3-9,16H,10H2,1-2H3,(H,20,23). The normalized spacial score (nSPS) is 12.0. The quantitative estimate of drug-likeness (QED) is 0.607. The van der Waals surface area contributed by atoms with E-state index in [2.05, 4.69) is 5.32 Å². The minimum atomic E-state index is -0.627. The third-order valence-electron chi connectivity index (χ3n) is 3.74. The summed E-state index contributed by atoms with van der Waals surface area (Å²) in [6, 6.07) is 11.1. The summed E-state index contributed by atoms with van der Waals surface area (Å²) in [5, 5.41) is 14.7. The average Bonchev–Trinajstić information content (AvgIpc) is 2.56. The van der Waals surface area contributed by atoms with Crippen LogP contribution in [-0.4, -0.2) is 36.4 Å². The van der Waals surface area contributed by atoms with Crippen molar-refractivity contribution in [2.24, 2.45) is 0 Å². The van der Waals surface area contributed by atoms with Gasteiger partial charge in [0.05, 0.1) is 11.0 Å². The molecule has 1 unspecified atom stereocenters. The number of rotatable bonds is 6. The Morgan fingerprint density at radius 3 is 2.52 bits per heavy atom. The Balaban J connectivity index is 2.20. The first kappa shape index (κ1) is 19.2. The smallest absolute Gasteiger partial charge is 0.283 e. The van der Waals surface area contributed by atoms with Crippen molar-refractivity contribution in [3.05, 3.63) is 73.8 Å². The van der Waals surface area contributed by atoms with Crippen molar-refractivity contribution in [3.8, 4) is 0 Å². The predicted molar refractivity (Wildman–Crippen MR) is 98.3 cm³/mol. The largest absolute Gasteiger partial charge is 0.350 e. The van der Waals surface area contributed by atoms with Gasteiger partial charge in [0.15, 0.2) is 0 Å². The molecular formula is C17H17Cl2N3O3. The van der Waals surface area contributed by atoms with Crippen LogP contribution in [0.5, 0.6) is 0 Å². The van der Waals surface area contributed by atoms with E-state index < -0.39 is 10.8 Å². The Morgan fingerprint density at radius 2 is 1.92 bits per heavy atom. The first-order valence-electron chi connectivity index (χ1n) is 7.44. The van der Waals surface area contributed by atoms with Crippen molar-refractivity contribution in [1.82, 2.24) is 10.2 Å². The van der Waals surface area contributed by atoms with Gasteiger partial charge in [-0.25, -0.2) is 0 Å². The number of nitrogens with zero attached hydrogens (tertiary/aromatic N) is 2. The van der Waals surface area contributed by atoms with Crippen LogP contribution in [0.15, 0.2) is 42.5 Å². The number of nitro groups is 1. The van der Waals surface area contributed by atoms with Crippen LogP contribution < -0.4 is 5.32 Å². The fourth-order valence-electron chi connectivity index (χ4n) is 2.45. The number of carbonyl (C=O) groups excluding carboxylic acids is 1. The number of amides is 1. The van der Waals surface area contributed by atoms with Crippen LogP contribution in [0.4, 0.5) is 5.69 Å². The van der Waals surface area contributed by atoms with E-state index >= 15 is 0 Å². The number of likely N-dealkylation sites (N-methyl/N-ethyl adjacent to an activating group) is 1. The lowest BCUT2D eigenvalue weighted by Gasteiger charge is -2.26. The van der Waals surface area contributed by atoms with Crippen molar-refractivity contribution in [3.63, 3.8) is 0 Å². The average molecular weight is 382 g/mol. The topological polar surface area (TPSA) is 75.5 Å². The SMILES string of the molecule is CN(C)C(CNC(=O)c1ccc(Cl)cc1[N+](=O)[O-])c1ccccc1Cl. The van der Waals surface area contributed by atoms with E-state index in [0.717, 1.165) is 11.6 Å². The molecule has 6 nitrogen and oxygen atoms in total. The highest BCUT2D eigenvalue weighted by molar-refractivity contribution is 6.31. The van der Waals surface area contributed by atoms with Crippen LogP contribution in [0.2, 0.25) is 10.0 Å². The molecule has 2 rings (SSSR count). The summed E-state index contributed by atoms with van der Waals surface area (Å²) in [5.74, 6) is -0.540. The van der Waals surface area contributed by atoms with Gasteiger partial charge in [-0.2, -0.15) is 0 Å². The van der Waals surface area contributed by atoms with Gasteiger partial charge in [0.2, 0.25) is 0 Å². The zero-order chi connectivity index (χ0) is 18.6. The number of carbonyl (C=O) groups is 1. The summed E-state index contributed by atoms with van der Waals surface area (Å²) >= 11 is 12.0. The zero-order valence-electron chi connectivity index (χ0n) is 13.7. The van der Waals surface area contributed by atoms with Crippen molar-refractivity contribution in [2.45, 2.75) is 6.04 Å². The van der Waals surface area contributed by atoms with Crippen LogP contribution in [0.25, 0.3) is 0 Å². The predicted octanol–water partition coefficient (Wildman–Crippen LogP) is 3.93. The number of nitro benzene ring substituents is 1. The van der Waals surface area contributed by atoms with E-state index in [-0.39, 0.29) is 28.9 Å². The minimum Gasteiger partial charge on any atom is -0.350 e. The highest BCUT2D eigenvalue weighted by Gasteiger charge is 2.23. The van der Waals surface area contributed by atoms with Crippen LogP contribution in [0.3, 0.4) is 0 Å². The molecule has 132 valence electrons. The van der Waals surface area contributed by atoms with E-state index in [9.17, 15) is 14.9 Å². The van der Waals surface area contributed by atoms with E-state index in [1.54, 1.807) is 6.07 Å². The van der Waals surface area contributed by atoms with Gasteiger partial charge in [0.1, 0.15) is 5.56 Å². The van der Waals surface area contributed by atoms with Gasteiger partial charge in [0.25, 0.3) is 11.6 Å². The van der Waals surface area contributed by atoms with Crippen molar-refractivity contribution >= 4 is 34.8 Å². The van der Waals surface area contributed by atoms with E-state index in [4.69, 9.17) is 23.2 Å². The molecule has 0 radical (unpaired) electrons. The van der Waals surface area contributed by atoms with Crippen molar-refractivity contribution in [2.75, 3.05) is 20.6 Å². The Labute approximate surface area is 155 Å². The molecule has 0 saturated carbocycles. The summed E-state index contributed by atoms with van der Waals surface area (Å²) in [4.78, 5) is 24.8. The van der Waals surface area contributed by atoms with E-state index in [0.29, 0.717) is 5.02 Å². The Hall–Kier alpha value is -2.15. The summed E-state index contributed by atoms with van der Waals surface area (Å²) in [5.41, 5.74) is 0.496. The van der Waals surface area contributed by atoms with E-state index in [1.807, 2.05) is 37.2 Å². The number of hydrogen-bond donors (Lipinski definition) is 1. The monoisotopic (exact) mass is 381 g/mol. The number of nitrogens with one attached hydrogen (secondary N) is 1. The Bertz CT molecular complexity index is 796. The lowest BCUT2D eigenvalue weighted by Crippen LogP contribution is -2.35. The van der Waals surface area contributed by atoms with Crippen LogP contribution >= 0.6 is 23.2 Å². The van der Waals surface area contributed by atoms with Gasteiger partial charge in [-0.3, -0.25) is 14.9 Å². The second-order valence-corrected chi connectivity index (χ2v) is 6.47. The molecule has 0 spiro atoms. The molecule has 0 fully saturated rings. The summed E-state index contributed by atoms with van der Waals surface area (Å²) in [7, 11) is 3.73. The van der Waals surface area contributed by atoms with Gasteiger partial charge in [0, 0.05) is 22.7 Å². The molecule has 0 saturated heterocycles. The molecule has 2 aromatic rings. The van der Waals surface area contributed by atoms with Gasteiger partial charge < -0.3 is 10.2 Å². The summed E-state index contributed by atoms with van der Waals surface area (Å²) in [6.45, 7) is 0.245. The van der Waals surface area contributed by atoms with Gasteiger partial charge in [-0.1, -0.05) is 41.4 Å². The molecule has 2 aromatic carbocycles. The molecule has 0 aliphatic carbocycles. The highest BCUT2D eigenvalue weighted by Crippen LogP contribution is 2.26. The third kappa shape index (κ3) is 4.69. The fourth-order valence-corrected chi connectivity index (χ4v) is 2.88. The second kappa shape index (κ2) is 8.29. The first-order chi connectivity index (χ1) is 11.8. The highest BCUT2D eigenvalue weighted by atomic mass is 35.5. The number of halogens is 2. The first-order valence-corrected chi connectivity index (χ1v) is 8.20. The molecule has 1 N–H and O–H groups in total. The lowest BCUT2D eigenvalue weighted by atomic mass is 10.1. The number of hydrogen-bond acceptors (Lipinski definition) is 4. The summed E-state index contributed by atoms with van der Waals surface area (Å²) < 4.78 is 0. The van der Waals surface area contributed by atoms with Crippen molar-refractivity contribution in [1.29, 1.82) is 0 Å². The number of benzene rings is 2. The van der Waals surface area contributed by atoms with E-state index in [1.165, 1.54) is 12.1 Å². The molecule has 0 aliphatic heterocycles. The maximum absolute atomic E-state index is 12.4. The summed E-state index contributed by atoms with van der Waals surface area (Å²) in [6.07, 6.45) is 0. The molecule has 0 bridgehead atoms. The third-order valence-corrected chi connectivity index (χ3v) is 4.32. The Kier molecular flexibility index (Phi) is 6.36. The molecule has 8 heteroatoms. The maximum Gasteiger partial charge on any atom is 0.283 e. The van der Waals surface area contributed by atoms with Crippen LogP contribution in [-0.2, 0) is 0 Å². The van der Waals surface area contributed by atoms with Gasteiger partial charge in [-0.05, 0) is 37.9 Å². The van der Waals surface area contributed by atoms with Crippen LogP contribution in [0.1, 0.15) is 22.0 Å². The molecular weight excluding hydrogens is 365 g/mol. The van der Waals surface area contributed by atoms with Gasteiger partial charge in [-0.15, -0.1) is 0 Å². The maximum atomic E-state index is 12.4. The zero-order valence-corrected chi connectivity index (χ0v) is 15.2. The second-order valence-electron chi connectivity index (χ2n) is 5.63. The lowest BCUT2D eigenvalue weighted by molar-refractivity contribution is -0.385. The molecule has 0 aliphatic rings.